The van der Waals surface area contributed by atoms with E-state index in [2.05, 4.69) is 9.98 Å². The fourth-order valence-corrected chi connectivity index (χ4v) is 1.50. The number of nitrogens with zero attached hydrogens (tertiary/aromatic N) is 2. The van der Waals surface area contributed by atoms with E-state index >= 15 is 0 Å². The topological polar surface area (TPSA) is 68.1 Å². The van der Waals surface area contributed by atoms with Crippen LogP contribution in [-0.4, -0.2) is 30.5 Å². The van der Waals surface area contributed by atoms with Crippen molar-refractivity contribution in [3.63, 3.8) is 0 Å². The van der Waals surface area contributed by atoms with Crippen LogP contribution in [0.4, 0.5) is 0 Å². The molecule has 0 saturated heterocycles. The number of hydrogen-bond donors (Lipinski definition) is 0. The average molecular weight is 218 g/mol. The number of hydrogen-bond acceptors (Lipinski definition) is 4. The number of carbonyl (C=O) groups is 2. The highest BCUT2D eigenvalue weighted by Crippen LogP contribution is 2.19. The van der Waals surface area contributed by atoms with Gasteiger partial charge in [0.15, 0.2) is 0 Å². The van der Waals surface area contributed by atoms with Gasteiger partial charge in [0, 0.05) is 0 Å². The molecule has 1 aliphatic heterocycles. The molecule has 0 fully saturated rings. The molecule has 1 aliphatic carbocycles. The second-order valence-corrected chi connectivity index (χ2v) is 3.28. The normalized spacial score (nSPS) is 22.3. The van der Waals surface area contributed by atoms with Crippen molar-refractivity contribution in [2.24, 2.45) is 15.9 Å². The molecule has 1 atom stereocenters. The highest BCUT2D eigenvalue weighted by molar-refractivity contribution is 6.31. The fourth-order valence-electron chi connectivity index (χ4n) is 1.50. The summed E-state index contributed by atoms with van der Waals surface area (Å²) in [6, 6.07) is 0. The lowest BCUT2D eigenvalue weighted by Gasteiger charge is -2.15. The fraction of sp³-hybridized carbons (Fsp3) is 0.273. The van der Waals surface area contributed by atoms with Gasteiger partial charge in [-0.2, -0.15) is 4.99 Å². The second-order valence-electron chi connectivity index (χ2n) is 3.28. The van der Waals surface area contributed by atoms with Crippen molar-refractivity contribution in [1.82, 2.24) is 0 Å². The van der Waals surface area contributed by atoms with E-state index in [1.165, 1.54) is 12.4 Å². The van der Waals surface area contributed by atoms with Gasteiger partial charge in [-0.3, -0.25) is 9.59 Å². The van der Waals surface area contributed by atoms with E-state index in [4.69, 9.17) is 4.74 Å². The zero-order valence-corrected chi connectivity index (χ0v) is 8.71. The van der Waals surface area contributed by atoms with Crippen LogP contribution in [0, 0.1) is 5.92 Å². The molecule has 1 amide bonds. The molecular weight excluding hydrogens is 208 g/mol. The summed E-state index contributed by atoms with van der Waals surface area (Å²) >= 11 is 0. The van der Waals surface area contributed by atoms with Gasteiger partial charge in [-0.1, -0.05) is 12.2 Å². The minimum absolute atomic E-state index is 0.319. The molecule has 1 heterocycles. The zero-order valence-electron chi connectivity index (χ0n) is 8.71. The van der Waals surface area contributed by atoms with Crippen LogP contribution in [0.2, 0.25) is 0 Å². The van der Waals surface area contributed by atoms with Crippen LogP contribution in [0.25, 0.3) is 0 Å². The first-order valence-electron chi connectivity index (χ1n) is 4.94. The number of esters is 1. The Balaban J connectivity index is 2.24. The Morgan fingerprint density at radius 2 is 2.38 bits per heavy atom. The maximum Gasteiger partial charge on any atom is 0.316 e. The Kier molecular flexibility index (Phi) is 2.76. The lowest BCUT2D eigenvalue weighted by atomic mass is 9.94. The number of carbonyl (C=O) groups excluding carboxylic acids is 2. The van der Waals surface area contributed by atoms with Crippen molar-refractivity contribution in [2.45, 2.75) is 6.92 Å². The van der Waals surface area contributed by atoms with Crippen LogP contribution < -0.4 is 0 Å². The van der Waals surface area contributed by atoms with Gasteiger partial charge in [-0.15, -0.1) is 0 Å². The molecule has 0 aromatic rings. The quantitative estimate of drug-likeness (QED) is 0.640. The molecule has 2 rings (SSSR count). The van der Waals surface area contributed by atoms with Gasteiger partial charge in [0.1, 0.15) is 6.34 Å². The average Bonchev–Trinajstić information content (AvgIpc) is 2.29. The Bertz CT molecular complexity index is 458. The molecule has 82 valence electrons. The number of allylic oxidation sites excluding steroid dienone is 1. The van der Waals surface area contributed by atoms with Crippen LogP contribution in [-0.2, 0) is 14.3 Å². The van der Waals surface area contributed by atoms with E-state index < -0.39 is 5.92 Å². The summed E-state index contributed by atoms with van der Waals surface area (Å²) in [7, 11) is 0. The van der Waals surface area contributed by atoms with Crippen molar-refractivity contribution in [3.8, 4) is 0 Å². The van der Waals surface area contributed by atoms with Crippen LogP contribution in [0.15, 0.2) is 33.8 Å². The lowest BCUT2D eigenvalue weighted by Crippen LogP contribution is -2.23. The predicted octanol–water partition coefficient (Wildman–Crippen LogP) is 0.671. The third-order valence-electron chi connectivity index (χ3n) is 2.24. The number of ether oxygens (including phenoxy) is 1. The van der Waals surface area contributed by atoms with Gasteiger partial charge in [0.25, 0.3) is 5.91 Å². The molecule has 0 aromatic carbocycles. The van der Waals surface area contributed by atoms with Crippen LogP contribution in [0.3, 0.4) is 0 Å². The van der Waals surface area contributed by atoms with Gasteiger partial charge < -0.3 is 4.74 Å². The first-order valence-corrected chi connectivity index (χ1v) is 4.94. The van der Waals surface area contributed by atoms with Gasteiger partial charge >= 0.3 is 5.97 Å². The summed E-state index contributed by atoms with van der Waals surface area (Å²) in [5, 5.41) is 0. The molecule has 0 N–H and O–H groups in total. The third-order valence-corrected chi connectivity index (χ3v) is 2.24. The smallest absolute Gasteiger partial charge is 0.316 e. The first kappa shape index (κ1) is 10.5. The maximum atomic E-state index is 11.5. The standard InChI is InChI=1S/C11H10N2O3/c1-2-16-11(15)7-3-4-9-8(5-7)10(14)13-6-12-9/h3-7H,2H2,1H3. The molecule has 0 saturated carbocycles. The van der Waals surface area contributed by atoms with Crippen LogP contribution in [0.5, 0.6) is 0 Å². The Labute approximate surface area is 92.2 Å². The van der Waals surface area contributed by atoms with Gasteiger partial charge in [0.05, 0.1) is 23.8 Å². The van der Waals surface area contributed by atoms with E-state index in [0.29, 0.717) is 17.9 Å². The highest BCUT2D eigenvalue weighted by atomic mass is 16.5. The number of fused-ring (bicyclic) bond motifs is 1. The molecule has 0 radical (unpaired) electrons. The Hall–Kier alpha value is -2.04. The molecule has 0 bridgehead atoms. The van der Waals surface area contributed by atoms with Crippen molar-refractivity contribution in [3.05, 3.63) is 23.8 Å². The first-order chi connectivity index (χ1) is 7.72. The number of aliphatic imine (C=N–C) groups is 2. The summed E-state index contributed by atoms with van der Waals surface area (Å²) in [5.41, 5.74) is 0.906. The van der Waals surface area contributed by atoms with E-state index in [0.717, 1.165) is 0 Å². The minimum Gasteiger partial charge on any atom is -0.465 e. The maximum absolute atomic E-state index is 11.5. The van der Waals surface area contributed by atoms with Crippen LogP contribution >= 0.6 is 0 Å². The van der Waals surface area contributed by atoms with Crippen molar-refractivity contribution in [2.75, 3.05) is 6.61 Å². The monoisotopic (exact) mass is 218 g/mol. The highest BCUT2D eigenvalue weighted by Gasteiger charge is 2.25. The minimum atomic E-state index is -0.522. The Morgan fingerprint density at radius 3 is 3.12 bits per heavy atom. The third kappa shape index (κ3) is 1.84. The Morgan fingerprint density at radius 1 is 1.56 bits per heavy atom. The summed E-state index contributed by atoms with van der Waals surface area (Å²) in [6.07, 6.45) is 6.05. The second kappa shape index (κ2) is 4.22. The van der Waals surface area contributed by atoms with Gasteiger partial charge in [0.2, 0.25) is 0 Å². The summed E-state index contributed by atoms with van der Waals surface area (Å²) in [5.74, 6) is -1.26. The summed E-state index contributed by atoms with van der Waals surface area (Å²) in [6.45, 7) is 2.06. The lowest BCUT2D eigenvalue weighted by molar-refractivity contribution is -0.144. The van der Waals surface area contributed by atoms with Gasteiger partial charge in [-0.25, -0.2) is 4.99 Å². The molecule has 0 aromatic heterocycles. The largest absolute Gasteiger partial charge is 0.465 e. The van der Waals surface area contributed by atoms with E-state index in [1.54, 1.807) is 19.1 Å². The van der Waals surface area contributed by atoms with E-state index in [-0.39, 0.29) is 11.9 Å². The number of amides is 1. The molecule has 5 nitrogen and oxygen atoms in total. The number of rotatable bonds is 2. The summed E-state index contributed by atoms with van der Waals surface area (Å²) < 4.78 is 4.87. The van der Waals surface area contributed by atoms with Gasteiger partial charge in [-0.05, 0) is 13.0 Å². The van der Waals surface area contributed by atoms with Crippen molar-refractivity contribution in [1.29, 1.82) is 0 Å². The predicted molar refractivity (Wildman–Crippen MR) is 58.3 cm³/mol. The SMILES string of the molecule is CCOC(=O)C1C=CC2=NC=NC(=O)C2=C1. The molecular formula is C11H10N2O3. The van der Waals surface area contributed by atoms with E-state index in [9.17, 15) is 9.59 Å². The molecule has 1 unspecified atom stereocenters. The molecule has 16 heavy (non-hydrogen) atoms. The molecule has 0 spiro atoms. The van der Waals surface area contributed by atoms with Crippen LogP contribution in [0.1, 0.15) is 6.92 Å². The van der Waals surface area contributed by atoms with Crippen molar-refractivity contribution < 1.29 is 14.3 Å². The molecule has 2 aliphatic rings. The molecule has 5 heteroatoms. The van der Waals surface area contributed by atoms with E-state index in [1.807, 2.05) is 0 Å². The van der Waals surface area contributed by atoms with Crippen molar-refractivity contribution >= 4 is 23.9 Å². The zero-order chi connectivity index (χ0) is 11.5. The summed E-state index contributed by atoms with van der Waals surface area (Å²) in [4.78, 5) is 30.4.